The molecule has 0 aliphatic heterocycles. The van der Waals surface area contributed by atoms with E-state index in [1.807, 2.05) is 17.8 Å². The van der Waals surface area contributed by atoms with E-state index < -0.39 is 0 Å². The van der Waals surface area contributed by atoms with E-state index in [-0.39, 0.29) is 5.97 Å². The summed E-state index contributed by atoms with van der Waals surface area (Å²) in [6.45, 7) is 2.84. The van der Waals surface area contributed by atoms with Crippen LogP contribution < -0.4 is 11.1 Å². The van der Waals surface area contributed by atoms with Gasteiger partial charge in [0.25, 0.3) is 0 Å². The van der Waals surface area contributed by atoms with Gasteiger partial charge in [-0.25, -0.2) is 4.79 Å². The van der Waals surface area contributed by atoms with E-state index in [0.717, 1.165) is 17.8 Å². The maximum absolute atomic E-state index is 11.7. The summed E-state index contributed by atoms with van der Waals surface area (Å²) in [7, 11) is 1.91. The van der Waals surface area contributed by atoms with Crippen LogP contribution in [0.2, 0.25) is 0 Å². The second-order valence-corrected chi connectivity index (χ2v) is 4.65. The average Bonchev–Trinajstić information content (AvgIpc) is 2.87. The fourth-order valence-electron chi connectivity index (χ4n) is 2.02. The highest BCUT2D eigenvalue weighted by Crippen LogP contribution is 2.20. The van der Waals surface area contributed by atoms with Crippen molar-refractivity contribution in [2.45, 2.75) is 13.3 Å². The summed E-state index contributed by atoms with van der Waals surface area (Å²) in [6, 6.07) is 7.06. The summed E-state index contributed by atoms with van der Waals surface area (Å²) in [5.41, 5.74) is 8.89. The first-order valence-corrected chi connectivity index (χ1v) is 6.89. The van der Waals surface area contributed by atoms with Crippen molar-refractivity contribution >= 4 is 17.3 Å². The Morgan fingerprint density at radius 1 is 1.43 bits per heavy atom. The van der Waals surface area contributed by atoms with Crippen LogP contribution in [0.1, 0.15) is 23.0 Å². The number of nitrogens with two attached hydrogens (primary N) is 1. The molecule has 21 heavy (non-hydrogen) atoms. The number of rotatable bonds is 6. The topological polar surface area (TPSA) is 82.2 Å². The quantitative estimate of drug-likeness (QED) is 0.626. The molecule has 3 N–H and O–H groups in total. The van der Waals surface area contributed by atoms with Crippen LogP contribution in [0.15, 0.2) is 30.5 Å². The van der Waals surface area contributed by atoms with Crippen molar-refractivity contribution in [3.05, 3.63) is 41.7 Å². The SMILES string of the molecule is CCOC(=O)c1ccc(N)c(NCCc2ccnn2C)c1. The lowest BCUT2D eigenvalue weighted by Crippen LogP contribution is -2.11. The molecule has 2 rings (SSSR count). The van der Waals surface area contributed by atoms with Crippen LogP contribution in [0, 0.1) is 0 Å². The van der Waals surface area contributed by atoms with Crippen LogP contribution >= 0.6 is 0 Å². The number of hydrogen-bond acceptors (Lipinski definition) is 5. The third-order valence-corrected chi connectivity index (χ3v) is 3.18. The molecule has 6 heteroatoms. The molecule has 0 aliphatic carbocycles. The molecule has 0 atom stereocenters. The summed E-state index contributed by atoms with van der Waals surface area (Å²) in [5, 5.41) is 7.36. The molecule has 0 bridgehead atoms. The van der Waals surface area contributed by atoms with Crippen LogP contribution in [0.5, 0.6) is 0 Å². The normalized spacial score (nSPS) is 10.4. The van der Waals surface area contributed by atoms with Gasteiger partial charge in [0.15, 0.2) is 0 Å². The van der Waals surface area contributed by atoms with E-state index in [4.69, 9.17) is 10.5 Å². The molecule has 112 valence electrons. The predicted molar refractivity (Wildman–Crippen MR) is 82.2 cm³/mol. The third kappa shape index (κ3) is 3.75. The zero-order chi connectivity index (χ0) is 15.2. The van der Waals surface area contributed by atoms with Gasteiger partial charge in [0.1, 0.15) is 0 Å². The molecular weight excluding hydrogens is 268 g/mol. The van der Waals surface area contributed by atoms with Gasteiger partial charge >= 0.3 is 5.97 Å². The van der Waals surface area contributed by atoms with E-state index in [9.17, 15) is 4.79 Å². The molecule has 2 aromatic rings. The Morgan fingerprint density at radius 3 is 2.90 bits per heavy atom. The first-order valence-electron chi connectivity index (χ1n) is 6.89. The number of anilines is 2. The molecule has 1 aromatic carbocycles. The smallest absolute Gasteiger partial charge is 0.338 e. The lowest BCUT2D eigenvalue weighted by molar-refractivity contribution is 0.0526. The number of hydrogen-bond donors (Lipinski definition) is 2. The molecule has 0 aliphatic rings. The van der Waals surface area contributed by atoms with Crippen molar-refractivity contribution in [3.8, 4) is 0 Å². The lowest BCUT2D eigenvalue weighted by atomic mass is 10.1. The summed E-state index contributed by atoms with van der Waals surface area (Å²) in [5.74, 6) is -0.341. The highest BCUT2D eigenvalue weighted by Gasteiger charge is 2.09. The van der Waals surface area contributed by atoms with Crippen LogP contribution in [-0.2, 0) is 18.2 Å². The second kappa shape index (κ2) is 6.78. The molecule has 0 spiro atoms. The molecule has 0 fully saturated rings. The van der Waals surface area contributed by atoms with E-state index in [1.54, 1.807) is 31.3 Å². The maximum atomic E-state index is 11.7. The standard InChI is InChI=1S/C15H20N4O2/c1-3-21-15(20)11-4-5-13(16)14(10-11)17-8-6-12-7-9-18-19(12)2/h4-5,7,9-10,17H,3,6,8,16H2,1-2H3. The largest absolute Gasteiger partial charge is 0.462 e. The van der Waals surface area contributed by atoms with Gasteiger partial charge in [-0.05, 0) is 31.2 Å². The van der Waals surface area contributed by atoms with Gasteiger partial charge < -0.3 is 15.8 Å². The summed E-state index contributed by atoms with van der Waals surface area (Å²) in [6.07, 6.45) is 2.59. The molecule has 0 radical (unpaired) electrons. The minimum absolute atomic E-state index is 0.341. The van der Waals surface area contributed by atoms with Crippen molar-refractivity contribution in [1.29, 1.82) is 0 Å². The van der Waals surface area contributed by atoms with Gasteiger partial charge in [-0.15, -0.1) is 0 Å². The highest BCUT2D eigenvalue weighted by atomic mass is 16.5. The monoisotopic (exact) mass is 288 g/mol. The van der Waals surface area contributed by atoms with E-state index >= 15 is 0 Å². The van der Waals surface area contributed by atoms with Crippen molar-refractivity contribution < 1.29 is 9.53 Å². The second-order valence-electron chi connectivity index (χ2n) is 4.65. The van der Waals surface area contributed by atoms with Crippen LogP contribution in [0.25, 0.3) is 0 Å². The first kappa shape index (κ1) is 14.9. The molecular formula is C15H20N4O2. The summed E-state index contributed by atoms with van der Waals surface area (Å²) >= 11 is 0. The van der Waals surface area contributed by atoms with Gasteiger partial charge in [0, 0.05) is 31.9 Å². The van der Waals surface area contributed by atoms with Gasteiger partial charge in [-0.1, -0.05) is 0 Å². The molecule has 0 saturated carbocycles. The minimum Gasteiger partial charge on any atom is -0.462 e. The molecule has 0 saturated heterocycles. The third-order valence-electron chi connectivity index (χ3n) is 3.18. The zero-order valence-corrected chi connectivity index (χ0v) is 12.3. The number of nitrogens with zero attached hydrogens (tertiary/aromatic N) is 2. The number of carbonyl (C=O) groups excluding carboxylic acids is 1. The first-order chi connectivity index (χ1) is 10.1. The Bertz CT molecular complexity index is 622. The molecule has 0 unspecified atom stereocenters. The molecule has 6 nitrogen and oxygen atoms in total. The number of nitrogens with one attached hydrogen (secondary N) is 1. The Morgan fingerprint density at radius 2 is 2.24 bits per heavy atom. The number of nitrogen functional groups attached to an aromatic ring is 1. The van der Waals surface area contributed by atoms with Gasteiger partial charge in [-0.3, -0.25) is 4.68 Å². The van der Waals surface area contributed by atoms with E-state index in [0.29, 0.717) is 24.4 Å². The summed E-state index contributed by atoms with van der Waals surface area (Å²) in [4.78, 5) is 11.7. The molecule has 1 aromatic heterocycles. The van der Waals surface area contributed by atoms with Crippen molar-refractivity contribution in [1.82, 2.24) is 9.78 Å². The summed E-state index contributed by atoms with van der Waals surface area (Å²) < 4.78 is 6.82. The molecule has 0 amide bonds. The number of benzene rings is 1. The predicted octanol–water partition coefficient (Wildman–Crippen LogP) is 1.83. The Hall–Kier alpha value is -2.50. The lowest BCUT2D eigenvalue weighted by Gasteiger charge is -2.11. The number of ether oxygens (including phenoxy) is 1. The fourth-order valence-corrected chi connectivity index (χ4v) is 2.02. The van der Waals surface area contributed by atoms with Gasteiger partial charge in [-0.2, -0.15) is 5.10 Å². The van der Waals surface area contributed by atoms with Crippen LogP contribution in [0.3, 0.4) is 0 Å². The van der Waals surface area contributed by atoms with Crippen molar-refractivity contribution in [2.24, 2.45) is 7.05 Å². The number of carbonyl (C=O) groups is 1. The maximum Gasteiger partial charge on any atom is 0.338 e. The Balaban J connectivity index is 2.00. The van der Waals surface area contributed by atoms with Gasteiger partial charge in [0.05, 0.1) is 23.5 Å². The van der Waals surface area contributed by atoms with E-state index in [1.165, 1.54) is 0 Å². The van der Waals surface area contributed by atoms with Crippen molar-refractivity contribution in [3.63, 3.8) is 0 Å². The fraction of sp³-hybridized carbons (Fsp3) is 0.333. The zero-order valence-electron chi connectivity index (χ0n) is 12.3. The minimum atomic E-state index is -0.341. The highest BCUT2D eigenvalue weighted by molar-refractivity contribution is 5.92. The number of esters is 1. The van der Waals surface area contributed by atoms with Crippen LogP contribution in [-0.4, -0.2) is 28.9 Å². The van der Waals surface area contributed by atoms with Crippen molar-refractivity contribution in [2.75, 3.05) is 24.2 Å². The Labute approximate surface area is 123 Å². The average molecular weight is 288 g/mol. The number of aryl methyl sites for hydroxylation is 1. The van der Waals surface area contributed by atoms with Gasteiger partial charge in [0.2, 0.25) is 0 Å². The molecule has 1 heterocycles. The van der Waals surface area contributed by atoms with E-state index in [2.05, 4.69) is 10.4 Å². The number of aromatic nitrogens is 2. The Kier molecular flexibility index (Phi) is 4.81. The van der Waals surface area contributed by atoms with Crippen LogP contribution in [0.4, 0.5) is 11.4 Å².